The first kappa shape index (κ1) is 15.4. The number of halogens is 1. The molecule has 0 radical (unpaired) electrons. The number of anilines is 1. The number of hydrogen-bond donors (Lipinski definition) is 2. The van der Waals surface area contributed by atoms with Crippen LogP contribution >= 0.6 is 11.3 Å². The fraction of sp³-hybridized carbons (Fsp3) is 0.188. The van der Waals surface area contributed by atoms with Crippen LogP contribution in [0.3, 0.4) is 0 Å². The van der Waals surface area contributed by atoms with Crippen LogP contribution in [0.15, 0.2) is 42.0 Å². The summed E-state index contributed by atoms with van der Waals surface area (Å²) in [6, 6.07) is 7.98. The van der Waals surface area contributed by atoms with Gasteiger partial charge in [-0.25, -0.2) is 14.4 Å². The molecule has 5 nitrogen and oxygen atoms in total. The molecule has 7 heteroatoms. The summed E-state index contributed by atoms with van der Waals surface area (Å²) < 4.78 is 13.9. The van der Waals surface area contributed by atoms with Crippen LogP contribution in [0.4, 0.5) is 10.2 Å². The van der Waals surface area contributed by atoms with Gasteiger partial charge in [-0.05, 0) is 35.6 Å². The van der Waals surface area contributed by atoms with Gasteiger partial charge in [-0.15, -0.1) is 11.3 Å². The van der Waals surface area contributed by atoms with Gasteiger partial charge in [-0.1, -0.05) is 12.1 Å². The predicted molar refractivity (Wildman–Crippen MR) is 88.7 cm³/mol. The monoisotopic (exact) mass is 330 g/mol. The van der Waals surface area contributed by atoms with E-state index in [0.717, 1.165) is 15.8 Å². The number of carbonyl (C=O) groups excluding carboxylic acids is 1. The van der Waals surface area contributed by atoms with Gasteiger partial charge in [0.05, 0.1) is 16.1 Å². The number of benzene rings is 1. The topological polar surface area (TPSA) is 80.9 Å². The van der Waals surface area contributed by atoms with Crippen molar-refractivity contribution in [1.29, 1.82) is 0 Å². The predicted octanol–water partition coefficient (Wildman–Crippen LogP) is 2.59. The Kier molecular flexibility index (Phi) is 4.47. The molecule has 1 atom stereocenters. The first-order valence-electron chi connectivity index (χ1n) is 7.09. The Balaban J connectivity index is 1.71. The lowest BCUT2D eigenvalue weighted by Gasteiger charge is -2.15. The molecule has 0 aliphatic carbocycles. The molecule has 1 amide bonds. The lowest BCUT2D eigenvalue weighted by Crippen LogP contribution is -2.31. The minimum Gasteiger partial charge on any atom is -0.369 e. The van der Waals surface area contributed by atoms with E-state index in [1.165, 1.54) is 29.8 Å². The largest absolute Gasteiger partial charge is 0.369 e. The van der Waals surface area contributed by atoms with Crippen molar-refractivity contribution in [1.82, 2.24) is 9.97 Å². The molecule has 0 spiro atoms. The van der Waals surface area contributed by atoms with Gasteiger partial charge in [0.15, 0.2) is 0 Å². The van der Waals surface area contributed by atoms with Crippen LogP contribution in [0.25, 0.3) is 10.2 Å². The highest BCUT2D eigenvalue weighted by molar-refractivity contribution is 7.17. The number of hydrogen-bond acceptors (Lipinski definition) is 5. The van der Waals surface area contributed by atoms with E-state index in [0.29, 0.717) is 18.8 Å². The van der Waals surface area contributed by atoms with Crippen LogP contribution in [-0.2, 0) is 11.2 Å². The molecule has 0 aliphatic rings. The SMILES string of the molecule is NC(=O)C(CNc1ncnc2ccsc12)Cc1ccc(F)cc1. The third-order valence-corrected chi connectivity index (χ3v) is 4.47. The maximum Gasteiger partial charge on any atom is 0.222 e. The zero-order valence-corrected chi connectivity index (χ0v) is 13.0. The van der Waals surface area contributed by atoms with E-state index < -0.39 is 11.8 Å². The molecule has 118 valence electrons. The summed E-state index contributed by atoms with van der Waals surface area (Å²) in [4.78, 5) is 20.1. The number of amides is 1. The first-order valence-corrected chi connectivity index (χ1v) is 7.97. The smallest absolute Gasteiger partial charge is 0.222 e. The number of nitrogens with zero attached hydrogens (tertiary/aromatic N) is 2. The highest BCUT2D eigenvalue weighted by atomic mass is 32.1. The summed E-state index contributed by atoms with van der Waals surface area (Å²) >= 11 is 1.53. The second-order valence-corrected chi connectivity index (χ2v) is 6.08. The Hall–Kier alpha value is -2.54. The van der Waals surface area contributed by atoms with E-state index >= 15 is 0 Å². The van der Waals surface area contributed by atoms with E-state index in [1.54, 1.807) is 12.1 Å². The summed E-state index contributed by atoms with van der Waals surface area (Å²) in [5.74, 6) is -0.428. The van der Waals surface area contributed by atoms with Crippen molar-refractivity contribution in [2.24, 2.45) is 11.7 Å². The Bertz CT molecular complexity index is 818. The molecule has 0 fully saturated rings. The molecule has 1 unspecified atom stereocenters. The van der Waals surface area contributed by atoms with Gasteiger partial charge < -0.3 is 11.1 Å². The molecule has 3 N–H and O–H groups in total. The molecule has 3 rings (SSSR count). The van der Waals surface area contributed by atoms with E-state index in [1.807, 2.05) is 11.4 Å². The van der Waals surface area contributed by atoms with Crippen LogP contribution in [-0.4, -0.2) is 22.4 Å². The van der Waals surface area contributed by atoms with Crippen molar-refractivity contribution in [2.75, 3.05) is 11.9 Å². The summed E-state index contributed by atoms with van der Waals surface area (Å²) in [5.41, 5.74) is 7.21. The number of nitrogens with two attached hydrogens (primary N) is 1. The van der Waals surface area contributed by atoms with Gasteiger partial charge in [0.25, 0.3) is 0 Å². The van der Waals surface area contributed by atoms with Gasteiger partial charge in [-0.2, -0.15) is 0 Å². The van der Waals surface area contributed by atoms with Gasteiger partial charge in [0.2, 0.25) is 5.91 Å². The highest BCUT2D eigenvalue weighted by Gasteiger charge is 2.17. The third kappa shape index (κ3) is 3.62. The number of aromatic nitrogens is 2. The lowest BCUT2D eigenvalue weighted by atomic mass is 9.98. The maximum absolute atomic E-state index is 13.0. The quantitative estimate of drug-likeness (QED) is 0.728. The first-order chi connectivity index (χ1) is 11.1. The molecule has 2 aromatic heterocycles. The van der Waals surface area contributed by atoms with Gasteiger partial charge in [0, 0.05) is 6.54 Å². The molecular formula is C16H15FN4OS. The zero-order valence-electron chi connectivity index (χ0n) is 12.2. The number of primary amides is 1. The Labute approximate surface area is 136 Å². The second kappa shape index (κ2) is 6.70. The average molecular weight is 330 g/mol. The standard InChI is InChI=1S/C16H15FN4OS/c17-12-3-1-10(2-4-12)7-11(15(18)22)8-19-16-14-13(5-6-23-14)20-9-21-16/h1-6,9,11H,7-8H2,(H2,18,22)(H,19,20,21). The fourth-order valence-electron chi connectivity index (χ4n) is 2.31. The van der Waals surface area contributed by atoms with E-state index in [-0.39, 0.29) is 5.82 Å². The van der Waals surface area contributed by atoms with Crippen molar-refractivity contribution >= 4 is 33.3 Å². The molecule has 23 heavy (non-hydrogen) atoms. The Morgan fingerprint density at radius 1 is 1.26 bits per heavy atom. The minimum atomic E-state index is -0.412. The molecule has 3 aromatic rings. The van der Waals surface area contributed by atoms with Crippen LogP contribution in [0, 0.1) is 11.7 Å². The van der Waals surface area contributed by atoms with Crippen LogP contribution in [0.5, 0.6) is 0 Å². The number of fused-ring (bicyclic) bond motifs is 1. The Morgan fingerprint density at radius 2 is 2.04 bits per heavy atom. The summed E-state index contributed by atoms with van der Waals surface area (Å²) in [5, 5.41) is 5.11. The normalized spacial score (nSPS) is 12.2. The van der Waals surface area contributed by atoms with Crippen LogP contribution < -0.4 is 11.1 Å². The van der Waals surface area contributed by atoms with Gasteiger partial charge >= 0.3 is 0 Å². The van der Waals surface area contributed by atoms with Gasteiger partial charge in [0.1, 0.15) is 18.0 Å². The number of nitrogens with one attached hydrogen (secondary N) is 1. The molecule has 1 aromatic carbocycles. The molecule has 0 aliphatic heterocycles. The molecular weight excluding hydrogens is 315 g/mol. The van der Waals surface area contributed by atoms with Crippen LogP contribution in [0.1, 0.15) is 5.56 Å². The van der Waals surface area contributed by atoms with Crippen molar-refractivity contribution in [3.05, 3.63) is 53.4 Å². The number of thiophene rings is 1. The second-order valence-electron chi connectivity index (χ2n) is 5.17. The van der Waals surface area contributed by atoms with E-state index in [9.17, 15) is 9.18 Å². The number of carbonyl (C=O) groups is 1. The summed E-state index contributed by atoms with van der Waals surface area (Å²) in [6.07, 6.45) is 1.93. The maximum atomic E-state index is 13.0. The van der Waals surface area contributed by atoms with Crippen molar-refractivity contribution < 1.29 is 9.18 Å². The van der Waals surface area contributed by atoms with Crippen molar-refractivity contribution in [3.63, 3.8) is 0 Å². The zero-order chi connectivity index (χ0) is 16.2. The van der Waals surface area contributed by atoms with E-state index in [2.05, 4.69) is 15.3 Å². The fourth-order valence-corrected chi connectivity index (χ4v) is 3.12. The minimum absolute atomic E-state index is 0.302. The Morgan fingerprint density at radius 3 is 2.78 bits per heavy atom. The highest BCUT2D eigenvalue weighted by Crippen LogP contribution is 2.25. The molecule has 0 bridgehead atoms. The van der Waals surface area contributed by atoms with E-state index in [4.69, 9.17) is 5.73 Å². The third-order valence-electron chi connectivity index (χ3n) is 3.56. The summed E-state index contributed by atoms with van der Waals surface area (Å²) in [7, 11) is 0. The van der Waals surface area contributed by atoms with Gasteiger partial charge in [-0.3, -0.25) is 4.79 Å². The molecule has 0 saturated carbocycles. The lowest BCUT2D eigenvalue weighted by molar-refractivity contribution is -0.121. The molecule has 2 heterocycles. The molecule has 0 saturated heterocycles. The summed E-state index contributed by atoms with van der Waals surface area (Å²) in [6.45, 7) is 0.358. The number of rotatable bonds is 6. The van der Waals surface area contributed by atoms with Crippen molar-refractivity contribution in [2.45, 2.75) is 6.42 Å². The van der Waals surface area contributed by atoms with Crippen LogP contribution in [0.2, 0.25) is 0 Å². The van der Waals surface area contributed by atoms with Crippen molar-refractivity contribution in [3.8, 4) is 0 Å². The average Bonchev–Trinajstić information content (AvgIpc) is 3.02.